The van der Waals surface area contributed by atoms with Crippen LogP contribution in [0.25, 0.3) is 21.5 Å². The molecule has 0 aliphatic carbocycles. The summed E-state index contributed by atoms with van der Waals surface area (Å²) in [6, 6.07) is 22.4. The quantitative estimate of drug-likeness (QED) is 0.139. The molecule has 0 spiro atoms. The molecule has 0 bridgehead atoms. The number of sulfonamides is 2. The minimum atomic E-state index is -3.78. The van der Waals surface area contributed by atoms with Gasteiger partial charge in [0.05, 0.1) is 43.9 Å². The Balaban J connectivity index is 0.000000256. The molecule has 6 aromatic rings. The molecular formula is C38H32CrN8O10S2-. The summed E-state index contributed by atoms with van der Waals surface area (Å²) >= 11 is 0. The van der Waals surface area contributed by atoms with Crippen LogP contribution in [0.2, 0.25) is 0 Å². The summed E-state index contributed by atoms with van der Waals surface area (Å²) in [6.07, 6.45) is 0. The Morgan fingerprint density at radius 2 is 0.864 bits per heavy atom. The molecule has 303 valence electrons. The zero-order valence-electron chi connectivity index (χ0n) is 31.3. The van der Waals surface area contributed by atoms with E-state index < -0.39 is 43.0 Å². The molecular weight excluding hydrogens is 845 g/mol. The van der Waals surface area contributed by atoms with Gasteiger partial charge in [0, 0.05) is 24.6 Å². The van der Waals surface area contributed by atoms with Crippen LogP contribution in [0.3, 0.4) is 0 Å². The van der Waals surface area contributed by atoms with E-state index in [0.717, 1.165) is 36.4 Å². The van der Waals surface area contributed by atoms with Crippen LogP contribution < -0.4 is 40.5 Å². The van der Waals surface area contributed by atoms with Crippen LogP contribution in [0.5, 0.6) is 23.0 Å². The number of hydrogen-bond acceptors (Lipinski definition) is 14. The van der Waals surface area contributed by atoms with Crippen LogP contribution in [-0.2, 0) is 47.0 Å². The summed E-state index contributed by atoms with van der Waals surface area (Å²) in [7, 11) is -5.08. The molecule has 2 amide bonds. The number of fused-ring (bicyclic) bond motifs is 2. The van der Waals surface area contributed by atoms with Crippen molar-refractivity contribution in [3.05, 3.63) is 97.1 Å². The number of anilines is 2. The van der Waals surface area contributed by atoms with Crippen molar-refractivity contribution < 1.29 is 64.2 Å². The van der Waals surface area contributed by atoms with Gasteiger partial charge in [-0.3, -0.25) is 9.59 Å². The van der Waals surface area contributed by atoms with Crippen LogP contribution in [0.1, 0.15) is 13.8 Å². The number of rotatable bonds is 10. The minimum Gasteiger partial charge on any atom is -0.871 e. The van der Waals surface area contributed by atoms with E-state index in [0.29, 0.717) is 32.9 Å². The van der Waals surface area contributed by atoms with Crippen molar-refractivity contribution in [2.24, 2.45) is 20.5 Å². The molecule has 59 heavy (non-hydrogen) atoms. The summed E-state index contributed by atoms with van der Waals surface area (Å²) in [5.74, 6) is -2.71. The second-order valence-corrected chi connectivity index (χ2v) is 15.8. The number of azo groups is 2. The first-order chi connectivity index (χ1) is 27.4. The van der Waals surface area contributed by atoms with Gasteiger partial charge in [-0.15, -0.1) is 0 Å². The van der Waals surface area contributed by atoms with Gasteiger partial charge in [-0.05, 0) is 61.3 Å². The first-order valence-electron chi connectivity index (χ1n) is 16.8. The van der Waals surface area contributed by atoms with E-state index in [2.05, 4.69) is 40.5 Å². The van der Waals surface area contributed by atoms with E-state index in [4.69, 9.17) is 0 Å². The first-order valence-corrected chi connectivity index (χ1v) is 19.8. The molecule has 0 fully saturated rings. The number of amides is 2. The predicted molar refractivity (Wildman–Crippen MR) is 208 cm³/mol. The third-order valence-corrected chi connectivity index (χ3v) is 10.9. The normalized spacial score (nSPS) is 11.6. The molecule has 0 saturated heterocycles. The Morgan fingerprint density at radius 1 is 0.508 bits per heavy atom. The van der Waals surface area contributed by atoms with Gasteiger partial charge in [-0.2, -0.15) is 20.5 Å². The monoisotopic (exact) mass is 876 g/mol. The number of nitrogens with one attached hydrogen (secondary N) is 4. The summed E-state index contributed by atoms with van der Waals surface area (Å²) in [4.78, 5) is 22.7. The zero-order valence-corrected chi connectivity index (χ0v) is 34.2. The molecule has 0 aromatic heterocycles. The van der Waals surface area contributed by atoms with Gasteiger partial charge in [0.2, 0.25) is 31.9 Å². The molecule has 0 unspecified atom stereocenters. The minimum absolute atomic E-state index is 0. The first kappa shape index (κ1) is 45.2. The Bertz CT molecular complexity index is 2680. The Hall–Kier alpha value is -6.47. The molecule has 4 N–H and O–H groups in total. The molecule has 0 atom stereocenters. The van der Waals surface area contributed by atoms with Crippen molar-refractivity contribution in [2.45, 2.75) is 23.6 Å². The number of hydrogen-bond donors (Lipinski definition) is 4. The second kappa shape index (κ2) is 18.9. The Kier molecular flexibility index (Phi) is 14.5. The smallest absolute Gasteiger partial charge is 0.871 e. The van der Waals surface area contributed by atoms with E-state index in [1.165, 1.54) is 40.1 Å². The van der Waals surface area contributed by atoms with E-state index >= 15 is 0 Å². The van der Waals surface area contributed by atoms with Crippen LogP contribution in [-0.4, -0.2) is 42.7 Å². The van der Waals surface area contributed by atoms with Crippen LogP contribution >= 0.6 is 0 Å². The van der Waals surface area contributed by atoms with Gasteiger partial charge < -0.3 is 31.1 Å². The van der Waals surface area contributed by atoms with Gasteiger partial charge in [0.15, 0.2) is 0 Å². The summed E-state index contributed by atoms with van der Waals surface area (Å²) < 4.78 is 52.0. The van der Waals surface area contributed by atoms with Gasteiger partial charge in [0.25, 0.3) is 0 Å². The number of benzene rings is 6. The molecule has 18 nitrogen and oxygen atoms in total. The van der Waals surface area contributed by atoms with Crippen molar-refractivity contribution in [1.82, 2.24) is 9.44 Å². The fourth-order valence-corrected chi connectivity index (χ4v) is 6.90. The Morgan fingerprint density at radius 3 is 1.20 bits per heavy atom. The largest absolute Gasteiger partial charge is 3.00 e. The van der Waals surface area contributed by atoms with Crippen molar-refractivity contribution in [2.75, 3.05) is 24.7 Å². The van der Waals surface area contributed by atoms with Crippen LogP contribution in [0, 0.1) is 0 Å². The molecule has 6 rings (SSSR count). The maximum absolute atomic E-state index is 12.4. The maximum atomic E-state index is 12.4. The van der Waals surface area contributed by atoms with Gasteiger partial charge in [-0.25, -0.2) is 26.3 Å². The third-order valence-electron chi connectivity index (χ3n) is 8.12. The maximum Gasteiger partial charge on any atom is 3.00 e. The van der Waals surface area contributed by atoms with Crippen molar-refractivity contribution in [3.8, 4) is 23.0 Å². The SMILES string of the molecule is CNS(=O)(=O)c1ccc([O-])c(N=Nc2c([O-])ccc3cccc(NC(C)=O)c23)c1.CNS(=O)(=O)c1ccc([O-])c(N=Nc2c([O-])ccc3cccc(NC(C)=O)c23)c1.[Cr+3]. The molecule has 0 saturated carbocycles. The van der Waals surface area contributed by atoms with Crippen molar-refractivity contribution in [3.63, 3.8) is 0 Å². The van der Waals surface area contributed by atoms with E-state index in [1.54, 1.807) is 48.5 Å². The van der Waals surface area contributed by atoms with Gasteiger partial charge in [-0.1, -0.05) is 83.7 Å². The predicted octanol–water partition coefficient (Wildman–Crippen LogP) is 4.54. The Labute approximate surface area is 348 Å². The van der Waals surface area contributed by atoms with E-state index in [-0.39, 0.29) is 61.7 Å². The topological polar surface area (TPSA) is 292 Å². The molecule has 0 aliphatic rings. The van der Waals surface area contributed by atoms with Gasteiger partial charge >= 0.3 is 17.4 Å². The van der Waals surface area contributed by atoms with Crippen molar-refractivity contribution in [1.29, 1.82) is 0 Å². The van der Waals surface area contributed by atoms with Gasteiger partial charge in [0.1, 0.15) is 0 Å². The molecule has 1 radical (unpaired) electrons. The van der Waals surface area contributed by atoms with Crippen LogP contribution in [0.15, 0.2) is 127 Å². The third kappa shape index (κ3) is 10.5. The van der Waals surface area contributed by atoms with Crippen LogP contribution in [0.4, 0.5) is 34.1 Å². The molecule has 0 aliphatic heterocycles. The molecule has 21 heteroatoms. The van der Waals surface area contributed by atoms with E-state index in [1.807, 2.05) is 0 Å². The second-order valence-electron chi connectivity index (χ2n) is 12.1. The average Bonchev–Trinajstić information content (AvgIpc) is 3.18. The summed E-state index contributed by atoms with van der Waals surface area (Å²) in [5, 5.41) is 71.7. The number of carbonyl (C=O) groups excluding carboxylic acids is 2. The fraction of sp³-hybridized carbons (Fsp3) is 0.105. The van der Waals surface area contributed by atoms with E-state index in [9.17, 15) is 46.9 Å². The molecule has 6 aromatic carbocycles. The average molecular weight is 877 g/mol. The number of carbonyl (C=O) groups is 2. The zero-order chi connectivity index (χ0) is 42.4. The molecule has 0 heterocycles. The summed E-state index contributed by atoms with van der Waals surface area (Å²) in [5.41, 5.74) is 0.108. The van der Waals surface area contributed by atoms with Crippen molar-refractivity contribution >= 4 is 87.5 Å². The number of nitrogens with zero attached hydrogens (tertiary/aromatic N) is 4. The summed E-state index contributed by atoms with van der Waals surface area (Å²) in [6.45, 7) is 2.66. The standard InChI is InChI=1S/2C19H18N4O5S.Cr/c2*1-11(24)21-14-5-3-4-12-6-8-17(26)19(18(12)14)23-22-15-10-13(7-9-16(15)25)29(27,28)20-2;/h2*3-10,20,25-26H,1-2H3,(H,21,24);/q;;+3/p-4. The fourth-order valence-electron chi connectivity index (χ4n) is 5.40.